The van der Waals surface area contributed by atoms with Crippen molar-refractivity contribution in [1.82, 2.24) is 9.38 Å². The number of carbonyl (C=O) groups is 2. The Kier molecular flexibility index (Phi) is 5.45. The molecule has 4 rings (SSSR count). The molecule has 2 amide bonds. The zero-order chi connectivity index (χ0) is 21.1. The number of thiazole rings is 1. The molecule has 0 aliphatic heterocycles. The van der Waals surface area contributed by atoms with Gasteiger partial charge in [-0.15, -0.1) is 11.3 Å². The number of amides is 2. The first-order chi connectivity index (χ1) is 14.5. The van der Waals surface area contributed by atoms with Crippen LogP contribution in [-0.4, -0.2) is 21.2 Å². The first-order valence-corrected chi connectivity index (χ1v) is 10.2. The van der Waals surface area contributed by atoms with Gasteiger partial charge in [-0.25, -0.2) is 4.98 Å². The van der Waals surface area contributed by atoms with Crippen LogP contribution in [0.2, 0.25) is 0 Å². The fourth-order valence-electron chi connectivity index (χ4n) is 3.07. The molecular formula is C23H20N4O2S. The molecule has 0 bridgehead atoms. The summed E-state index contributed by atoms with van der Waals surface area (Å²) in [6, 6.07) is 18.1. The summed E-state index contributed by atoms with van der Waals surface area (Å²) >= 11 is 1.56. The Morgan fingerprint density at radius 3 is 1.97 bits per heavy atom. The predicted octanol–water partition coefficient (Wildman–Crippen LogP) is 4.67. The molecule has 0 radical (unpaired) electrons. The Morgan fingerprint density at radius 2 is 1.43 bits per heavy atom. The van der Waals surface area contributed by atoms with E-state index in [1.54, 1.807) is 41.7 Å². The summed E-state index contributed by atoms with van der Waals surface area (Å²) in [5, 5.41) is 5.60. The second-order valence-electron chi connectivity index (χ2n) is 6.78. The molecule has 0 atom stereocenters. The maximum atomic E-state index is 13.1. The predicted molar refractivity (Wildman–Crippen MR) is 121 cm³/mol. The van der Waals surface area contributed by atoms with E-state index in [0.29, 0.717) is 17.1 Å². The fourth-order valence-corrected chi connectivity index (χ4v) is 3.94. The van der Waals surface area contributed by atoms with E-state index in [4.69, 9.17) is 0 Å². The topological polar surface area (TPSA) is 75.5 Å². The number of aryl methyl sites for hydroxylation is 2. The Labute approximate surface area is 177 Å². The smallest absolute Gasteiger partial charge is 0.261 e. The van der Waals surface area contributed by atoms with Gasteiger partial charge in [-0.2, -0.15) is 0 Å². The standard InChI is InChI=1S/C23H20N4O2S/c1-15-14-27-20(16(2)24-23(27)30-15)13-19(21(28)25-17-9-5-3-6-10-17)22(29)26-18-11-7-4-8-12-18/h3-14H,1-2H3,(H,25,28)(H,26,29). The molecule has 6 nitrogen and oxygen atoms in total. The Balaban J connectivity index is 1.74. The van der Waals surface area contributed by atoms with Crippen LogP contribution >= 0.6 is 11.3 Å². The van der Waals surface area contributed by atoms with Crippen LogP contribution in [0.25, 0.3) is 11.0 Å². The van der Waals surface area contributed by atoms with Crippen molar-refractivity contribution in [3.05, 3.63) is 88.7 Å². The molecule has 4 aromatic rings. The van der Waals surface area contributed by atoms with Crippen LogP contribution in [-0.2, 0) is 9.59 Å². The van der Waals surface area contributed by atoms with Crippen molar-refractivity contribution in [3.8, 4) is 0 Å². The molecule has 150 valence electrons. The van der Waals surface area contributed by atoms with Crippen molar-refractivity contribution in [2.24, 2.45) is 0 Å². The third kappa shape index (κ3) is 4.16. The number of hydrogen-bond acceptors (Lipinski definition) is 4. The van der Waals surface area contributed by atoms with Crippen molar-refractivity contribution in [2.75, 3.05) is 10.6 Å². The molecule has 7 heteroatoms. The van der Waals surface area contributed by atoms with Gasteiger partial charge in [-0.1, -0.05) is 36.4 Å². The van der Waals surface area contributed by atoms with E-state index in [-0.39, 0.29) is 5.57 Å². The van der Waals surface area contributed by atoms with Gasteiger partial charge in [-0.05, 0) is 44.2 Å². The number of benzene rings is 2. The average molecular weight is 417 g/mol. The summed E-state index contributed by atoms with van der Waals surface area (Å²) in [6.45, 7) is 3.86. The molecule has 0 aliphatic carbocycles. The zero-order valence-corrected chi connectivity index (χ0v) is 17.4. The average Bonchev–Trinajstić information content (AvgIpc) is 3.22. The molecule has 2 N–H and O–H groups in total. The molecule has 2 heterocycles. The molecule has 30 heavy (non-hydrogen) atoms. The number of fused-ring (bicyclic) bond motifs is 1. The lowest BCUT2D eigenvalue weighted by molar-refractivity contribution is -0.118. The Bertz CT molecular complexity index is 1180. The number of anilines is 2. The third-order valence-corrected chi connectivity index (χ3v) is 5.39. The van der Waals surface area contributed by atoms with Crippen molar-refractivity contribution in [1.29, 1.82) is 0 Å². The maximum absolute atomic E-state index is 13.1. The van der Waals surface area contributed by atoms with Gasteiger partial charge in [0, 0.05) is 22.4 Å². The molecule has 0 saturated heterocycles. The van der Waals surface area contributed by atoms with E-state index in [1.165, 1.54) is 0 Å². The number of rotatable bonds is 5. The molecule has 0 fully saturated rings. The number of carbonyl (C=O) groups excluding carboxylic acids is 2. The highest BCUT2D eigenvalue weighted by Gasteiger charge is 2.21. The van der Waals surface area contributed by atoms with Gasteiger partial charge in [0.05, 0.1) is 11.4 Å². The Hall–Kier alpha value is -3.71. The molecule has 0 unspecified atom stereocenters. The number of para-hydroxylation sites is 2. The number of aromatic nitrogens is 2. The normalized spacial score (nSPS) is 10.6. The first-order valence-electron chi connectivity index (χ1n) is 9.41. The lowest BCUT2D eigenvalue weighted by Crippen LogP contribution is -2.25. The van der Waals surface area contributed by atoms with Crippen LogP contribution in [0, 0.1) is 13.8 Å². The summed E-state index contributed by atoms with van der Waals surface area (Å²) in [6.07, 6.45) is 3.55. The highest BCUT2D eigenvalue weighted by atomic mass is 32.1. The largest absolute Gasteiger partial charge is 0.322 e. The fraction of sp³-hybridized carbons (Fsp3) is 0.0870. The lowest BCUT2D eigenvalue weighted by atomic mass is 10.1. The third-order valence-electron chi connectivity index (χ3n) is 4.50. The molecule has 0 aliphatic rings. The van der Waals surface area contributed by atoms with E-state index in [0.717, 1.165) is 15.5 Å². The van der Waals surface area contributed by atoms with Gasteiger partial charge >= 0.3 is 0 Å². The number of nitrogens with zero attached hydrogens (tertiary/aromatic N) is 2. The highest BCUT2D eigenvalue weighted by molar-refractivity contribution is 7.17. The van der Waals surface area contributed by atoms with Crippen molar-refractivity contribution < 1.29 is 9.59 Å². The van der Waals surface area contributed by atoms with E-state index in [9.17, 15) is 9.59 Å². The zero-order valence-electron chi connectivity index (χ0n) is 16.5. The number of nitrogens with one attached hydrogen (secondary N) is 2. The minimum absolute atomic E-state index is 0.00328. The van der Waals surface area contributed by atoms with Gasteiger partial charge < -0.3 is 10.6 Å². The first kappa shape index (κ1) is 19.6. The van der Waals surface area contributed by atoms with Crippen LogP contribution < -0.4 is 10.6 Å². The van der Waals surface area contributed by atoms with Crippen molar-refractivity contribution in [3.63, 3.8) is 0 Å². The van der Waals surface area contributed by atoms with Gasteiger partial charge in [0.25, 0.3) is 11.8 Å². The maximum Gasteiger partial charge on any atom is 0.261 e. The van der Waals surface area contributed by atoms with Crippen molar-refractivity contribution >= 4 is 45.6 Å². The van der Waals surface area contributed by atoms with Gasteiger partial charge in [0.15, 0.2) is 4.96 Å². The van der Waals surface area contributed by atoms with Gasteiger partial charge in [0.1, 0.15) is 5.57 Å². The quantitative estimate of drug-likeness (QED) is 0.282. The van der Waals surface area contributed by atoms with Crippen LogP contribution in [0.15, 0.2) is 72.4 Å². The summed E-state index contributed by atoms with van der Waals surface area (Å²) in [5.74, 6) is -0.980. The van der Waals surface area contributed by atoms with Crippen LogP contribution in [0.4, 0.5) is 11.4 Å². The summed E-state index contributed by atoms with van der Waals surface area (Å²) in [4.78, 5) is 32.6. The van der Waals surface area contributed by atoms with Crippen LogP contribution in [0.5, 0.6) is 0 Å². The minimum Gasteiger partial charge on any atom is -0.322 e. The molecule has 0 saturated carbocycles. The SMILES string of the molecule is Cc1cn2c(C=C(C(=O)Nc3ccccc3)C(=O)Nc3ccccc3)c(C)nc2s1. The van der Waals surface area contributed by atoms with E-state index in [1.807, 2.05) is 60.8 Å². The van der Waals surface area contributed by atoms with E-state index >= 15 is 0 Å². The minimum atomic E-state index is -0.490. The van der Waals surface area contributed by atoms with Crippen LogP contribution in [0.1, 0.15) is 16.3 Å². The van der Waals surface area contributed by atoms with Crippen molar-refractivity contribution in [2.45, 2.75) is 13.8 Å². The monoisotopic (exact) mass is 416 g/mol. The summed E-state index contributed by atoms with van der Waals surface area (Å²) in [7, 11) is 0. The molecular weight excluding hydrogens is 396 g/mol. The molecule has 2 aromatic carbocycles. The lowest BCUT2D eigenvalue weighted by Gasteiger charge is -2.10. The van der Waals surface area contributed by atoms with Crippen LogP contribution in [0.3, 0.4) is 0 Å². The summed E-state index contributed by atoms with van der Waals surface area (Å²) < 4.78 is 1.90. The van der Waals surface area contributed by atoms with Gasteiger partial charge in [-0.3, -0.25) is 14.0 Å². The van der Waals surface area contributed by atoms with E-state index < -0.39 is 11.8 Å². The van der Waals surface area contributed by atoms with E-state index in [2.05, 4.69) is 15.6 Å². The molecule has 0 spiro atoms. The summed E-state index contributed by atoms with van der Waals surface area (Å²) in [5.41, 5.74) is 2.68. The van der Waals surface area contributed by atoms with Gasteiger partial charge in [0.2, 0.25) is 0 Å². The Morgan fingerprint density at radius 1 is 0.900 bits per heavy atom. The second kappa shape index (κ2) is 8.34. The molecule has 2 aromatic heterocycles. The second-order valence-corrected chi connectivity index (χ2v) is 7.99. The number of hydrogen-bond donors (Lipinski definition) is 2. The highest BCUT2D eigenvalue weighted by Crippen LogP contribution is 2.23. The number of imidazole rings is 1.